The monoisotopic (exact) mass is 780 g/mol. The normalized spacial score (nSPS) is 12.1. The standard InChI is InChI=1S/C49H97NO5/c1-4-7-10-12-25-32-39-47(38-31-11-8-5-2)49(53)55-46-36-29-24-20-16-14-18-22-27-34-42-50(43-37-44-51)41-33-26-21-17-13-15-19-23-28-35-45-54-48(52)40-30-9-6-3/h47,51H,4-46H2,1-3H3. The van der Waals surface area contributed by atoms with Crippen molar-refractivity contribution in [3.8, 4) is 0 Å². The summed E-state index contributed by atoms with van der Waals surface area (Å²) < 4.78 is 11.1. The van der Waals surface area contributed by atoms with Crippen molar-refractivity contribution in [3.63, 3.8) is 0 Å². The number of ether oxygens (including phenoxy) is 2. The molecule has 0 aromatic carbocycles. The Morgan fingerprint density at radius 3 is 1.22 bits per heavy atom. The minimum atomic E-state index is -0.0163. The van der Waals surface area contributed by atoms with E-state index in [-0.39, 0.29) is 17.9 Å². The molecule has 1 N–H and O–H groups in total. The van der Waals surface area contributed by atoms with Crippen LogP contribution in [0, 0.1) is 5.92 Å². The Morgan fingerprint density at radius 1 is 0.418 bits per heavy atom. The average Bonchev–Trinajstić information content (AvgIpc) is 3.19. The summed E-state index contributed by atoms with van der Waals surface area (Å²) in [7, 11) is 0. The van der Waals surface area contributed by atoms with Gasteiger partial charge >= 0.3 is 11.9 Å². The number of carbonyl (C=O) groups is 2. The van der Waals surface area contributed by atoms with Gasteiger partial charge in [-0.15, -0.1) is 0 Å². The van der Waals surface area contributed by atoms with Gasteiger partial charge in [-0.25, -0.2) is 0 Å². The molecule has 6 nitrogen and oxygen atoms in total. The van der Waals surface area contributed by atoms with Gasteiger partial charge in [0.2, 0.25) is 0 Å². The van der Waals surface area contributed by atoms with Crippen molar-refractivity contribution in [3.05, 3.63) is 0 Å². The second kappa shape index (κ2) is 45.6. The fourth-order valence-corrected chi connectivity index (χ4v) is 7.77. The lowest BCUT2D eigenvalue weighted by atomic mass is 9.94. The van der Waals surface area contributed by atoms with Gasteiger partial charge in [-0.3, -0.25) is 9.59 Å². The van der Waals surface area contributed by atoms with Crippen LogP contribution in [0.4, 0.5) is 0 Å². The molecule has 0 fully saturated rings. The van der Waals surface area contributed by atoms with Crippen molar-refractivity contribution >= 4 is 11.9 Å². The fraction of sp³-hybridized carbons (Fsp3) is 0.959. The molecule has 0 aliphatic carbocycles. The number of rotatable bonds is 46. The Kier molecular flexibility index (Phi) is 44.6. The first-order chi connectivity index (χ1) is 27.1. The summed E-state index contributed by atoms with van der Waals surface area (Å²) in [6, 6.07) is 0. The summed E-state index contributed by atoms with van der Waals surface area (Å²) in [4.78, 5) is 27.1. The maximum Gasteiger partial charge on any atom is 0.308 e. The molecule has 55 heavy (non-hydrogen) atoms. The number of carbonyl (C=O) groups excluding carboxylic acids is 2. The van der Waals surface area contributed by atoms with Crippen LogP contribution in [0.15, 0.2) is 0 Å². The van der Waals surface area contributed by atoms with Gasteiger partial charge in [0.15, 0.2) is 0 Å². The van der Waals surface area contributed by atoms with Crippen molar-refractivity contribution in [2.24, 2.45) is 5.92 Å². The molecule has 0 aliphatic rings. The molecule has 1 unspecified atom stereocenters. The summed E-state index contributed by atoms with van der Waals surface area (Å²) in [5.41, 5.74) is 0. The lowest BCUT2D eigenvalue weighted by Crippen LogP contribution is -2.27. The lowest BCUT2D eigenvalue weighted by Gasteiger charge is -2.22. The SMILES string of the molecule is CCCCCCCCC(CCCCCC)C(=O)OCCCCCCCCCCCCN(CCCO)CCCCCCCCCCCCOC(=O)CCCCC. The van der Waals surface area contributed by atoms with Crippen LogP contribution in [0.3, 0.4) is 0 Å². The van der Waals surface area contributed by atoms with Gasteiger partial charge < -0.3 is 19.5 Å². The van der Waals surface area contributed by atoms with Crippen LogP contribution in [0.2, 0.25) is 0 Å². The number of hydrogen-bond donors (Lipinski definition) is 1. The van der Waals surface area contributed by atoms with E-state index in [4.69, 9.17) is 9.47 Å². The summed E-state index contributed by atoms with van der Waals surface area (Å²) in [5.74, 6) is 0.186. The van der Waals surface area contributed by atoms with E-state index in [1.54, 1.807) is 0 Å². The molecule has 0 amide bonds. The molecule has 0 aromatic heterocycles. The first-order valence-electron chi connectivity index (χ1n) is 24.7. The average molecular weight is 780 g/mol. The summed E-state index contributed by atoms with van der Waals surface area (Å²) >= 11 is 0. The maximum atomic E-state index is 12.9. The maximum absolute atomic E-state index is 12.9. The number of aliphatic hydroxyl groups excluding tert-OH is 1. The zero-order valence-corrected chi connectivity index (χ0v) is 37.5. The van der Waals surface area contributed by atoms with Crippen molar-refractivity contribution in [2.45, 2.75) is 258 Å². The highest BCUT2D eigenvalue weighted by molar-refractivity contribution is 5.72. The molecule has 0 saturated carbocycles. The lowest BCUT2D eigenvalue weighted by molar-refractivity contribution is -0.149. The predicted molar refractivity (Wildman–Crippen MR) is 237 cm³/mol. The first kappa shape index (κ1) is 53.9. The Balaban J connectivity index is 3.76. The van der Waals surface area contributed by atoms with E-state index in [1.807, 2.05) is 0 Å². The van der Waals surface area contributed by atoms with Gasteiger partial charge in [-0.2, -0.15) is 0 Å². The Morgan fingerprint density at radius 2 is 0.764 bits per heavy atom. The summed E-state index contributed by atoms with van der Waals surface area (Å²) in [5, 5.41) is 9.39. The summed E-state index contributed by atoms with van der Waals surface area (Å²) in [6.45, 7) is 11.6. The van der Waals surface area contributed by atoms with Crippen LogP contribution in [-0.4, -0.2) is 61.4 Å². The van der Waals surface area contributed by atoms with Crippen LogP contribution < -0.4 is 0 Å². The minimum Gasteiger partial charge on any atom is -0.466 e. The highest BCUT2D eigenvalue weighted by Crippen LogP contribution is 2.21. The van der Waals surface area contributed by atoms with Crippen molar-refractivity contribution < 1.29 is 24.2 Å². The van der Waals surface area contributed by atoms with Gasteiger partial charge in [-0.1, -0.05) is 201 Å². The van der Waals surface area contributed by atoms with Crippen LogP contribution in [0.25, 0.3) is 0 Å². The zero-order valence-electron chi connectivity index (χ0n) is 37.5. The van der Waals surface area contributed by atoms with Gasteiger partial charge in [0.05, 0.1) is 19.1 Å². The fourth-order valence-electron chi connectivity index (χ4n) is 7.77. The topological polar surface area (TPSA) is 76.1 Å². The van der Waals surface area contributed by atoms with Gasteiger partial charge in [0, 0.05) is 19.6 Å². The number of aliphatic hydroxyl groups is 1. The predicted octanol–water partition coefficient (Wildman–Crippen LogP) is 14.5. The van der Waals surface area contributed by atoms with Crippen LogP contribution in [-0.2, 0) is 19.1 Å². The van der Waals surface area contributed by atoms with E-state index in [9.17, 15) is 14.7 Å². The van der Waals surface area contributed by atoms with E-state index in [1.165, 1.54) is 193 Å². The quantitative estimate of drug-likeness (QED) is 0.0490. The molecule has 0 aliphatic heterocycles. The third-order valence-electron chi connectivity index (χ3n) is 11.5. The molecule has 0 bridgehead atoms. The van der Waals surface area contributed by atoms with Crippen LogP contribution in [0.5, 0.6) is 0 Å². The molecule has 0 saturated heterocycles. The second-order valence-corrected chi connectivity index (χ2v) is 16.9. The van der Waals surface area contributed by atoms with E-state index in [0.717, 1.165) is 57.9 Å². The molecule has 6 heteroatoms. The molecule has 328 valence electrons. The van der Waals surface area contributed by atoms with Crippen molar-refractivity contribution in [2.75, 3.05) is 39.5 Å². The van der Waals surface area contributed by atoms with Crippen molar-refractivity contribution in [1.29, 1.82) is 0 Å². The van der Waals surface area contributed by atoms with E-state index in [0.29, 0.717) is 26.2 Å². The highest BCUT2D eigenvalue weighted by atomic mass is 16.5. The number of hydrogen-bond acceptors (Lipinski definition) is 6. The smallest absolute Gasteiger partial charge is 0.308 e. The molecule has 0 radical (unpaired) electrons. The first-order valence-corrected chi connectivity index (χ1v) is 24.7. The molecule has 0 spiro atoms. The molecule has 0 aromatic rings. The third-order valence-corrected chi connectivity index (χ3v) is 11.5. The minimum absolute atomic E-state index is 0.0163. The van der Waals surface area contributed by atoms with Crippen LogP contribution >= 0.6 is 0 Å². The third kappa shape index (κ3) is 40.8. The molecule has 1 atom stereocenters. The van der Waals surface area contributed by atoms with E-state index in [2.05, 4.69) is 25.7 Å². The highest BCUT2D eigenvalue weighted by Gasteiger charge is 2.19. The number of esters is 2. The van der Waals surface area contributed by atoms with Crippen LogP contribution in [0.1, 0.15) is 258 Å². The number of unbranched alkanes of at least 4 members (excludes halogenated alkanes) is 28. The molecular formula is C49H97NO5. The Hall–Kier alpha value is -1.14. The van der Waals surface area contributed by atoms with Gasteiger partial charge in [0.25, 0.3) is 0 Å². The van der Waals surface area contributed by atoms with E-state index < -0.39 is 0 Å². The van der Waals surface area contributed by atoms with E-state index >= 15 is 0 Å². The largest absolute Gasteiger partial charge is 0.466 e. The zero-order chi connectivity index (χ0) is 40.1. The second-order valence-electron chi connectivity index (χ2n) is 16.9. The Bertz CT molecular complexity index is 776. The van der Waals surface area contributed by atoms with Crippen molar-refractivity contribution in [1.82, 2.24) is 4.90 Å². The number of nitrogens with zero attached hydrogens (tertiary/aromatic N) is 1. The van der Waals surface area contributed by atoms with Gasteiger partial charge in [0.1, 0.15) is 0 Å². The summed E-state index contributed by atoms with van der Waals surface area (Å²) in [6.07, 6.45) is 44.8. The Labute approximate surface area is 343 Å². The molecule has 0 rings (SSSR count). The molecule has 0 heterocycles. The molecular weight excluding hydrogens is 683 g/mol. The van der Waals surface area contributed by atoms with Gasteiger partial charge in [-0.05, 0) is 64.5 Å².